The molecule has 3 heteroatoms. The minimum Gasteiger partial charge on any atom is -0.192 e. The van der Waals surface area contributed by atoms with Gasteiger partial charge in [0.05, 0.1) is 16.2 Å². The van der Waals surface area contributed by atoms with Crippen molar-refractivity contribution >= 4 is 23.5 Å². The zero-order chi connectivity index (χ0) is 9.80. The fraction of sp³-hybridized carbons (Fsp3) is 0.364. The Labute approximate surface area is 92.9 Å². The summed E-state index contributed by atoms with van der Waals surface area (Å²) in [6, 6.07) is 10.1. The molecule has 0 spiro atoms. The van der Waals surface area contributed by atoms with Crippen molar-refractivity contribution in [3.8, 4) is 6.07 Å². The van der Waals surface area contributed by atoms with Crippen molar-refractivity contribution in [2.24, 2.45) is 0 Å². The average Bonchev–Trinajstić information content (AvgIpc) is 2.30. The van der Waals surface area contributed by atoms with Gasteiger partial charge >= 0.3 is 0 Å². The predicted molar refractivity (Wildman–Crippen MR) is 63.4 cm³/mol. The van der Waals surface area contributed by atoms with Crippen molar-refractivity contribution < 1.29 is 0 Å². The molecule has 1 saturated heterocycles. The SMILES string of the molecule is N#Cc1ccc(C2SCCCS2)cc1. The molecule has 1 fully saturated rings. The highest BCUT2D eigenvalue weighted by molar-refractivity contribution is 8.16. The second-order valence-corrected chi connectivity index (χ2v) is 5.89. The molecule has 72 valence electrons. The van der Waals surface area contributed by atoms with E-state index in [4.69, 9.17) is 5.26 Å². The third kappa shape index (κ3) is 2.26. The lowest BCUT2D eigenvalue weighted by molar-refractivity contribution is 1.10. The highest BCUT2D eigenvalue weighted by Crippen LogP contribution is 2.43. The number of nitriles is 1. The number of rotatable bonds is 1. The van der Waals surface area contributed by atoms with E-state index >= 15 is 0 Å². The van der Waals surface area contributed by atoms with Crippen molar-refractivity contribution in [3.05, 3.63) is 35.4 Å². The van der Waals surface area contributed by atoms with E-state index in [0.717, 1.165) is 5.56 Å². The average molecular weight is 221 g/mol. The molecule has 0 unspecified atom stereocenters. The van der Waals surface area contributed by atoms with Gasteiger partial charge in [0.1, 0.15) is 0 Å². The molecule has 0 amide bonds. The largest absolute Gasteiger partial charge is 0.192 e. The summed E-state index contributed by atoms with van der Waals surface area (Å²) in [5.74, 6) is 2.52. The molecule has 1 heterocycles. The Morgan fingerprint density at radius 2 is 1.79 bits per heavy atom. The van der Waals surface area contributed by atoms with Crippen molar-refractivity contribution in [2.75, 3.05) is 11.5 Å². The Morgan fingerprint density at radius 1 is 1.14 bits per heavy atom. The molecule has 14 heavy (non-hydrogen) atoms. The molecule has 0 aliphatic carbocycles. The van der Waals surface area contributed by atoms with Gasteiger partial charge in [0.15, 0.2) is 0 Å². The quantitative estimate of drug-likeness (QED) is 0.726. The van der Waals surface area contributed by atoms with E-state index in [1.54, 1.807) is 0 Å². The van der Waals surface area contributed by atoms with Crippen LogP contribution in [0.4, 0.5) is 0 Å². The van der Waals surface area contributed by atoms with E-state index in [9.17, 15) is 0 Å². The van der Waals surface area contributed by atoms with Crippen molar-refractivity contribution in [1.82, 2.24) is 0 Å². The van der Waals surface area contributed by atoms with Gasteiger partial charge in [-0.05, 0) is 35.6 Å². The molecule has 0 bridgehead atoms. The fourth-order valence-corrected chi connectivity index (χ4v) is 4.29. The predicted octanol–water partition coefficient (Wildman–Crippen LogP) is 3.43. The van der Waals surface area contributed by atoms with Gasteiger partial charge in [0.2, 0.25) is 0 Å². The second kappa shape index (κ2) is 4.77. The number of benzene rings is 1. The van der Waals surface area contributed by atoms with E-state index in [1.165, 1.54) is 23.5 Å². The van der Waals surface area contributed by atoms with Crippen LogP contribution in [-0.2, 0) is 0 Å². The maximum absolute atomic E-state index is 8.68. The van der Waals surface area contributed by atoms with E-state index in [1.807, 2.05) is 35.7 Å². The first kappa shape index (κ1) is 9.95. The van der Waals surface area contributed by atoms with Crippen LogP contribution in [0.3, 0.4) is 0 Å². The van der Waals surface area contributed by atoms with Gasteiger partial charge in [-0.25, -0.2) is 0 Å². The van der Waals surface area contributed by atoms with E-state index in [0.29, 0.717) is 4.58 Å². The Hall–Kier alpha value is -0.590. The van der Waals surface area contributed by atoms with Crippen LogP contribution < -0.4 is 0 Å². The van der Waals surface area contributed by atoms with E-state index < -0.39 is 0 Å². The minimum atomic E-state index is 0.580. The van der Waals surface area contributed by atoms with Gasteiger partial charge < -0.3 is 0 Å². The van der Waals surface area contributed by atoms with Gasteiger partial charge in [-0.15, -0.1) is 23.5 Å². The summed E-state index contributed by atoms with van der Waals surface area (Å²) in [7, 11) is 0. The summed E-state index contributed by atoms with van der Waals surface area (Å²) in [4.78, 5) is 0. The molecule has 1 aromatic carbocycles. The Balaban J connectivity index is 2.12. The molecule has 1 aliphatic heterocycles. The summed E-state index contributed by atoms with van der Waals surface area (Å²) >= 11 is 4.02. The van der Waals surface area contributed by atoms with E-state index in [-0.39, 0.29) is 0 Å². The molecule has 0 atom stereocenters. The maximum Gasteiger partial charge on any atom is 0.0991 e. The van der Waals surface area contributed by atoms with Crippen LogP contribution in [-0.4, -0.2) is 11.5 Å². The van der Waals surface area contributed by atoms with Gasteiger partial charge in [-0.3, -0.25) is 0 Å². The minimum absolute atomic E-state index is 0.580. The summed E-state index contributed by atoms with van der Waals surface area (Å²) in [6.07, 6.45) is 1.32. The summed E-state index contributed by atoms with van der Waals surface area (Å²) < 4.78 is 0.580. The third-order valence-corrected chi connectivity index (χ3v) is 5.15. The Bertz CT molecular complexity index is 333. The van der Waals surface area contributed by atoms with Crippen LogP contribution in [0.25, 0.3) is 0 Å². The van der Waals surface area contributed by atoms with Crippen LogP contribution in [0.2, 0.25) is 0 Å². The van der Waals surface area contributed by atoms with Gasteiger partial charge in [-0.1, -0.05) is 12.1 Å². The standard InChI is InChI=1S/C11H11NS2/c12-8-9-2-4-10(5-3-9)11-13-6-1-7-14-11/h2-5,11H,1,6-7H2. The Kier molecular flexibility index (Phi) is 3.39. The van der Waals surface area contributed by atoms with Crippen LogP contribution >= 0.6 is 23.5 Å². The highest BCUT2D eigenvalue weighted by atomic mass is 32.2. The smallest absolute Gasteiger partial charge is 0.0991 e. The summed E-state index contributed by atoms with van der Waals surface area (Å²) in [5.41, 5.74) is 2.10. The molecule has 1 nitrogen and oxygen atoms in total. The zero-order valence-corrected chi connectivity index (χ0v) is 9.40. The number of hydrogen-bond donors (Lipinski definition) is 0. The third-order valence-electron chi connectivity index (χ3n) is 2.14. The first-order valence-electron chi connectivity index (χ1n) is 4.63. The van der Waals surface area contributed by atoms with Crippen LogP contribution in [0.15, 0.2) is 24.3 Å². The van der Waals surface area contributed by atoms with Crippen LogP contribution in [0.1, 0.15) is 22.1 Å². The number of hydrogen-bond acceptors (Lipinski definition) is 3. The molecule has 1 aromatic rings. The van der Waals surface area contributed by atoms with Gasteiger partial charge in [0, 0.05) is 0 Å². The molecular weight excluding hydrogens is 210 g/mol. The Morgan fingerprint density at radius 3 is 2.36 bits per heavy atom. The molecule has 0 saturated carbocycles. The normalized spacial score (nSPS) is 17.6. The first-order valence-corrected chi connectivity index (χ1v) is 6.73. The highest BCUT2D eigenvalue weighted by Gasteiger charge is 2.15. The summed E-state index contributed by atoms with van der Waals surface area (Å²) in [5, 5.41) is 8.68. The molecule has 2 rings (SSSR count). The molecule has 0 N–H and O–H groups in total. The fourth-order valence-electron chi connectivity index (χ4n) is 1.40. The van der Waals surface area contributed by atoms with Crippen LogP contribution in [0, 0.1) is 11.3 Å². The topological polar surface area (TPSA) is 23.8 Å². The maximum atomic E-state index is 8.68. The van der Waals surface area contributed by atoms with Crippen molar-refractivity contribution in [3.63, 3.8) is 0 Å². The zero-order valence-electron chi connectivity index (χ0n) is 7.77. The number of thioether (sulfide) groups is 2. The molecule has 0 aromatic heterocycles. The molecule has 0 radical (unpaired) electrons. The van der Waals surface area contributed by atoms with Gasteiger partial charge in [0.25, 0.3) is 0 Å². The first-order chi connectivity index (χ1) is 6.90. The molecule has 1 aliphatic rings. The second-order valence-electron chi connectivity index (χ2n) is 3.16. The van der Waals surface area contributed by atoms with Crippen molar-refractivity contribution in [2.45, 2.75) is 11.0 Å². The lowest BCUT2D eigenvalue weighted by Crippen LogP contribution is -1.99. The summed E-state index contributed by atoms with van der Waals surface area (Å²) in [6.45, 7) is 0. The molecular formula is C11H11NS2. The monoisotopic (exact) mass is 221 g/mol. The van der Waals surface area contributed by atoms with E-state index in [2.05, 4.69) is 18.2 Å². The lowest BCUT2D eigenvalue weighted by Gasteiger charge is -2.20. The van der Waals surface area contributed by atoms with Gasteiger partial charge in [-0.2, -0.15) is 5.26 Å². The lowest BCUT2D eigenvalue weighted by atomic mass is 10.2. The van der Waals surface area contributed by atoms with Crippen LogP contribution in [0.5, 0.6) is 0 Å². The van der Waals surface area contributed by atoms with Crippen molar-refractivity contribution in [1.29, 1.82) is 5.26 Å². The number of nitrogens with zero attached hydrogens (tertiary/aromatic N) is 1.